The molecular weight excluding hydrogens is 792 g/mol. The Kier molecular flexibility index (Phi) is 10.4. The van der Waals surface area contributed by atoms with Gasteiger partial charge in [0.1, 0.15) is 33.4 Å². The summed E-state index contributed by atoms with van der Waals surface area (Å²) in [4.78, 5) is 81.5. The number of anilines is 2. The smallest absolute Gasteiger partial charge is 0.352 e. The van der Waals surface area contributed by atoms with Gasteiger partial charge in [-0.05, 0) is 62.9 Å². The molecule has 21 heteroatoms. The number of nitrogens with two attached hydrogens (primary N) is 1. The van der Waals surface area contributed by atoms with Gasteiger partial charge in [-0.1, -0.05) is 5.16 Å². The number of nitrogen functional groups attached to an aromatic ring is 1. The van der Waals surface area contributed by atoms with Gasteiger partial charge in [-0.3, -0.25) is 24.3 Å². The molecule has 4 atom stereocenters. The van der Waals surface area contributed by atoms with Gasteiger partial charge in [0.15, 0.2) is 10.8 Å². The van der Waals surface area contributed by atoms with Gasteiger partial charge < -0.3 is 41.4 Å². The normalized spacial score (nSPS) is 22.6. The Labute approximate surface area is 330 Å². The third kappa shape index (κ3) is 7.11. The molecule has 7 rings (SSSR count). The van der Waals surface area contributed by atoms with Crippen LogP contribution in [0.3, 0.4) is 0 Å². The van der Waals surface area contributed by atoms with Crippen LogP contribution in [0, 0.1) is 5.82 Å². The highest BCUT2D eigenvalue weighted by Gasteiger charge is 2.58. The molecule has 5 heterocycles. The molecule has 1 saturated carbocycles. The van der Waals surface area contributed by atoms with Crippen LogP contribution in [0.25, 0.3) is 10.9 Å². The number of β-lactam (4-membered cyclic amide) rings is 1. The minimum atomic E-state index is -1.83. The van der Waals surface area contributed by atoms with Gasteiger partial charge in [0.25, 0.3) is 11.8 Å². The third-order valence-corrected chi connectivity index (χ3v) is 13.8. The van der Waals surface area contributed by atoms with Gasteiger partial charge in [-0.2, -0.15) is 0 Å². The van der Waals surface area contributed by atoms with E-state index in [2.05, 4.69) is 25.8 Å². The number of oxime groups is 1. The lowest BCUT2D eigenvalue weighted by Crippen LogP contribution is -2.71. The number of pyridine rings is 1. The van der Waals surface area contributed by atoms with Crippen LogP contribution in [-0.2, 0) is 28.8 Å². The number of nitrogens with one attached hydrogen (secondary N) is 2. The van der Waals surface area contributed by atoms with E-state index in [1.165, 1.54) is 31.5 Å². The summed E-state index contributed by atoms with van der Waals surface area (Å²) in [6.45, 7) is 6.33. The van der Waals surface area contributed by atoms with Gasteiger partial charge in [-0.15, -0.1) is 34.9 Å². The highest BCUT2D eigenvalue weighted by Crippen LogP contribution is 2.59. The number of carboxylic acids is 3. The van der Waals surface area contributed by atoms with E-state index < -0.39 is 68.3 Å². The molecule has 3 unspecified atom stereocenters. The number of aromatic nitrogens is 2. The molecule has 7 N–H and O–H groups in total. The summed E-state index contributed by atoms with van der Waals surface area (Å²) < 4.78 is 14.8. The van der Waals surface area contributed by atoms with Crippen molar-refractivity contribution in [2.75, 3.05) is 36.0 Å². The number of carbonyl (C=O) groups excluding carboxylic acids is 2. The summed E-state index contributed by atoms with van der Waals surface area (Å²) in [6, 6.07) is 3.39. The lowest BCUT2D eigenvalue weighted by atomic mass is 9.96. The van der Waals surface area contributed by atoms with Crippen LogP contribution in [0.2, 0.25) is 0 Å². The summed E-state index contributed by atoms with van der Waals surface area (Å²) in [5.41, 5.74) is 4.55. The number of amides is 2. The molecule has 0 spiro atoms. The average Bonchev–Trinajstić information content (AvgIpc) is 3.83. The van der Waals surface area contributed by atoms with Crippen molar-refractivity contribution in [1.82, 2.24) is 25.5 Å². The first-order chi connectivity index (χ1) is 26.5. The summed E-state index contributed by atoms with van der Waals surface area (Å²) in [5, 5.41) is 40.0. The zero-order valence-electron chi connectivity index (χ0n) is 30.1. The zero-order valence-corrected chi connectivity index (χ0v) is 32.6. The molecule has 2 amide bonds. The van der Waals surface area contributed by atoms with Crippen molar-refractivity contribution in [1.29, 1.82) is 0 Å². The molecule has 3 aliphatic heterocycles. The van der Waals surface area contributed by atoms with E-state index in [9.17, 15) is 39.3 Å². The Morgan fingerprint density at radius 2 is 1.98 bits per heavy atom. The van der Waals surface area contributed by atoms with Crippen molar-refractivity contribution in [3.8, 4) is 0 Å². The summed E-state index contributed by atoms with van der Waals surface area (Å²) >= 11 is 3.20. The van der Waals surface area contributed by atoms with E-state index in [1.54, 1.807) is 12.1 Å². The maximum Gasteiger partial charge on any atom is 0.352 e. The van der Waals surface area contributed by atoms with Gasteiger partial charge >= 0.3 is 17.9 Å². The number of thiazole rings is 1. The Bertz CT molecular complexity index is 2230. The van der Waals surface area contributed by atoms with Crippen LogP contribution in [0.4, 0.5) is 15.2 Å². The van der Waals surface area contributed by atoms with Crippen molar-refractivity contribution < 1.29 is 48.5 Å². The first-order valence-electron chi connectivity index (χ1n) is 17.4. The maximum atomic E-state index is 16.0. The Morgan fingerprint density at radius 1 is 1.23 bits per heavy atom. The largest absolute Gasteiger partial charge is 0.480 e. The van der Waals surface area contributed by atoms with Crippen LogP contribution >= 0.6 is 34.9 Å². The fourth-order valence-electron chi connectivity index (χ4n) is 6.72. The van der Waals surface area contributed by atoms with Gasteiger partial charge in [0.05, 0.1) is 16.5 Å². The summed E-state index contributed by atoms with van der Waals surface area (Å²) in [5.74, 6) is -6.09. The van der Waals surface area contributed by atoms with E-state index in [4.69, 9.17) is 10.6 Å². The van der Waals surface area contributed by atoms with Crippen LogP contribution in [0.1, 0.15) is 50.1 Å². The molecule has 2 saturated heterocycles. The maximum absolute atomic E-state index is 16.0. The number of carboxylic acid groups (broad SMARTS) is 3. The van der Waals surface area contributed by atoms with Crippen LogP contribution in [-0.4, -0.2) is 119 Å². The van der Waals surface area contributed by atoms with Crippen LogP contribution < -0.4 is 21.3 Å². The van der Waals surface area contributed by atoms with Crippen molar-refractivity contribution in [2.45, 2.75) is 66.7 Å². The second kappa shape index (κ2) is 14.8. The number of halogens is 1. The lowest BCUT2D eigenvalue weighted by Gasteiger charge is -2.50. The minimum Gasteiger partial charge on any atom is -0.480 e. The van der Waals surface area contributed by atoms with Crippen molar-refractivity contribution in [3.63, 3.8) is 0 Å². The molecule has 1 aromatic carbocycles. The van der Waals surface area contributed by atoms with Gasteiger partial charge in [0, 0.05) is 48.4 Å². The second-order valence-corrected chi connectivity index (χ2v) is 17.7. The van der Waals surface area contributed by atoms with Crippen molar-refractivity contribution >= 4 is 92.0 Å². The minimum absolute atomic E-state index is 0.00744. The van der Waals surface area contributed by atoms with Gasteiger partial charge in [0.2, 0.25) is 5.60 Å². The standard InChI is InChI=1S/C35H37FN8O9S3/c1-15-12-38-8-9-43(15)22-11-20-17(10-19(22)36)16(4-7-39-20)26(56-35(5-6-35)32(51)52)18-13-54-29-24(28(46)44(29)25(18)30(47)48)41-27(45)23(21-14-55-33(37)40-21)42-53-34(2,3)31(49)50/h4,7,10-11,14-15,24,26,29,38H,5-6,8-9,12-13H2,1-3H3,(H2,37,40)(H,41,45)(H,47,48)(H,49,50)(H,51,52)/t15?,24?,26?,29-/m0/s1. The number of aliphatic carboxylic acids is 3. The molecule has 56 heavy (non-hydrogen) atoms. The van der Waals surface area contributed by atoms with E-state index in [0.29, 0.717) is 54.6 Å². The fourth-order valence-corrected chi connectivity index (χ4v) is 10.3. The molecule has 1 aliphatic carbocycles. The Morgan fingerprint density at radius 3 is 2.61 bits per heavy atom. The van der Waals surface area contributed by atoms with E-state index in [-0.39, 0.29) is 33.9 Å². The number of fused-ring (bicyclic) bond motifs is 2. The lowest BCUT2D eigenvalue weighted by molar-refractivity contribution is -0.161. The topological polar surface area (TPSA) is 250 Å². The van der Waals surface area contributed by atoms with Gasteiger partial charge in [-0.25, -0.2) is 19.0 Å². The van der Waals surface area contributed by atoms with E-state index in [1.807, 2.05) is 11.8 Å². The number of thioether (sulfide) groups is 2. The van der Waals surface area contributed by atoms with Crippen LogP contribution in [0.15, 0.2) is 46.2 Å². The highest BCUT2D eigenvalue weighted by molar-refractivity contribution is 8.02. The number of hydrogen-bond donors (Lipinski definition) is 6. The monoisotopic (exact) mass is 828 g/mol. The predicted octanol–water partition coefficient (Wildman–Crippen LogP) is 2.62. The van der Waals surface area contributed by atoms with Crippen LogP contribution in [0.5, 0.6) is 0 Å². The van der Waals surface area contributed by atoms with E-state index in [0.717, 1.165) is 39.8 Å². The quantitative estimate of drug-likeness (QED) is 0.0823. The Balaban J connectivity index is 1.24. The average molecular weight is 829 g/mol. The number of carbonyl (C=O) groups is 5. The summed E-state index contributed by atoms with van der Waals surface area (Å²) in [6.07, 6.45) is 2.18. The first-order valence-corrected chi connectivity index (χ1v) is 20.2. The Hall–Kier alpha value is -4.99. The predicted molar refractivity (Wildman–Crippen MR) is 207 cm³/mol. The SMILES string of the molecule is CC1CNCCN1c1cc2nccc(C(SC3(C(=O)O)CC3)C3=C(C(=O)O)N4C(=O)C(NC(=O)C(=NOC(C)(C)C(=O)O)c5csc(N)n5)[C@@H]4SC3)c2cc1F. The van der Waals surface area contributed by atoms with Crippen molar-refractivity contribution in [3.05, 3.63) is 58.1 Å². The molecule has 0 bridgehead atoms. The first kappa shape index (κ1) is 39.3. The number of nitrogens with zero attached hydrogens (tertiary/aromatic N) is 5. The number of rotatable bonds is 13. The number of benzene rings is 1. The van der Waals surface area contributed by atoms with Crippen molar-refractivity contribution in [2.24, 2.45) is 5.16 Å². The molecule has 296 valence electrons. The molecule has 0 radical (unpaired) electrons. The van der Waals surface area contributed by atoms with E-state index >= 15 is 4.39 Å². The zero-order chi connectivity index (χ0) is 40.3. The molecule has 4 aliphatic rings. The molecule has 3 fully saturated rings. The number of piperazine rings is 1. The number of hydrogen-bond acceptors (Lipinski definition) is 15. The molecule has 3 aromatic rings. The second-order valence-electron chi connectivity index (χ2n) is 14.2. The summed E-state index contributed by atoms with van der Waals surface area (Å²) in [7, 11) is 0. The third-order valence-electron chi connectivity index (χ3n) is 10.0. The molecule has 2 aromatic heterocycles. The fraction of sp³-hybridized carbons (Fsp3) is 0.429. The highest BCUT2D eigenvalue weighted by atomic mass is 32.2. The molecule has 17 nitrogen and oxygen atoms in total. The molecular formula is C35H37FN8O9S3.